The summed E-state index contributed by atoms with van der Waals surface area (Å²) in [6, 6.07) is 0.997. The molecule has 0 aromatic rings. The summed E-state index contributed by atoms with van der Waals surface area (Å²) in [4.78, 5) is -0.496. The quantitative estimate of drug-likeness (QED) is 0.552. The van der Waals surface area contributed by atoms with Crippen molar-refractivity contribution in [2.24, 2.45) is 0 Å². The van der Waals surface area contributed by atoms with Crippen LogP contribution >= 0.6 is 0 Å². The minimum absolute atomic E-state index is 0.496. The fourth-order valence-electron chi connectivity index (χ4n) is 1.05. The molecule has 0 aliphatic carbocycles. The Balaban J connectivity index is 4.02. The van der Waals surface area contributed by atoms with Crippen LogP contribution in [0.3, 0.4) is 0 Å². The second kappa shape index (κ2) is 4.99. The van der Waals surface area contributed by atoms with Gasteiger partial charge in [-0.05, 0) is 6.92 Å². The number of hydrogen-bond acceptors (Lipinski definition) is 2. The van der Waals surface area contributed by atoms with Gasteiger partial charge < -0.3 is 0 Å². The van der Waals surface area contributed by atoms with Crippen LogP contribution < -0.4 is 0 Å². The van der Waals surface area contributed by atoms with Crippen molar-refractivity contribution in [1.29, 1.82) is 0 Å². The summed E-state index contributed by atoms with van der Waals surface area (Å²) in [5.41, 5.74) is 0. The van der Waals surface area contributed by atoms with E-state index < -0.39 is 23.8 Å². The number of hydrogen-bond donors (Lipinski definition) is 1. The highest BCUT2D eigenvalue weighted by Crippen LogP contribution is 2.10. The molecule has 5 heteroatoms. The third-order valence-electron chi connectivity index (χ3n) is 2.28. The predicted octanol–water partition coefficient (Wildman–Crippen LogP) is 1.46. The molecule has 0 aromatic heterocycles. The van der Waals surface area contributed by atoms with E-state index in [0.29, 0.717) is 0 Å². The van der Waals surface area contributed by atoms with Gasteiger partial charge in [0, 0.05) is 0 Å². The molecule has 0 heterocycles. The Morgan fingerprint density at radius 1 is 1.50 bits per heavy atom. The molecule has 0 spiro atoms. The Kier molecular flexibility index (Phi) is 5.04. The average Bonchev–Trinajstić information content (AvgIpc) is 1.97. The molecule has 0 aliphatic rings. The summed E-state index contributed by atoms with van der Waals surface area (Å²) in [6.45, 7) is 5.69. The van der Waals surface area contributed by atoms with Crippen LogP contribution in [0.1, 0.15) is 26.7 Å². The average molecular weight is 210 g/mol. The highest BCUT2D eigenvalue weighted by molar-refractivity contribution is 7.88. The van der Waals surface area contributed by atoms with Gasteiger partial charge in [-0.1, -0.05) is 32.4 Å². The van der Waals surface area contributed by atoms with Crippen LogP contribution in [-0.4, -0.2) is 26.6 Å². The summed E-state index contributed by atoms with van der Waals surface area (Å²) >= 11 is 0. The zero-order valence-electron chi connectivity index (χ0n) is 7.95. The molecule has 0 aromatic carbocycles. The Morgan fingerprint density at radius 3 is 2.33 bits per heavy atom. The van der Waals surface area contributed by atoms with E-state index in [4.69, 9.17) is 4.55 Å². The summed E-state index contributed by atoms with van der Waals surface area (Å²) in [5, 5.41) is 0. The van der Waals surface area contributed by atoms with Crippen LogP contribution in [0.2, 0.25) is 12.6 Å². The molecule has 0 rings (SSSR count). The third-order valence-corrected chi connectivity index (χ3v) is 8.57. The van der Waals surface area contributed by atoms with Crippen molar-refractivity contribution >= 4 is 18.9 Å². The van der Waals surface area contributed by atoms with E-state index in [2.05, 4.69) is 6.92 Å². The highest BCUT2D eigenvalue weighted by Gasteiger charge is 2.24. The van der Waals surface area contributed by atoms with E-state index >= 15 is 0 Å². The van der Waals surface area contributed by atoms with E-state index in [1.165, 1.54) is 0 Å². The summed E-state index contributed by atoms with van der Waals surface area (Å²) in [7, 11) is -5.05. The molecule has 1 N–H and O–H groups in total. The van der Waals surface area contributed by atoms with Crippen LogP contribution in [0.5, 0.6) is 0 Å². The molecule has 0 saturated carbocycles. The number of unbranched alkanes of at least 4 members (excludes halogenated alkanes) is 1. The van der Waals surface area contributed by atoms with Gasteiger partial charge in [0.1, 0.15) is 0 Å². The maximum atomic E-state index is 10.7. The van der Waals surface area contributed by atoms with Gasteiger partial charge >= 0.3 is 0 Å². The molecule has 0 amide bonds. The van der Waals surface area contributed by atoms with E-state index in [1.54, 1.807) is 6.92 Å². The molecule has 0 aliphatic heterocycles. The van der Waals surface area contributed by atoms with Gasteiger partial charge in [-0.25, -0.2) is 0 Å². The first-order valence-corrected chi connectivity index (χ1v) is 8.50. The molecular weight excluding hydrogens is 192 g/mol. The van der Waals surface area contributed by atoms with Crippen molar-refractivity contribution in [3.63, 3.8) is 0 Å². The summed E-state index contributed by atoms with van der Waals surface area (Å²) < 4.78 is 30.2. The lowest BCUT2D eigenvalue weighted by Crippen LogP contribution is -2.32. The van der Waals surface area contributed by atoms with Crippen molar-refractivity contribution in [3.05, 3.63) is 0 Å². The SMILES string of the molecule is CCCC[SiH](C)C(C)S(=O)(=O)O. The van der Waals surface area contributed by atoms with Crippen molar-refractivity contribution < 1.29 is 13.0 Å². The fraction of sp³-hybridized carbons (Fsp3) is 1.00. The molecule has 2 unspecified atom stereocenters. The van der Waals surface area contributed by atoms with Crippen LogP contribution in [0.25, 0.3) is 0 Å². The molecule has 0 radical (unpaired) electrons. The predicted molar refractivity (Wildman–Crippen MR) is 53.7 cm³/mol. The zero-order chi connectivity index (χ0) is 9.78. The van der Waals surface area contributed by atoms with Crippen LogP contribution in [0.15, 0.2) is 0 Å². The lowest BCUT2D eigenvalue weighted by molar-refractivity contribution is 0.480. The lowest BCUT2D eigenvalue weighted by Gasteiger charge is -2.14. The van der Waals surface area contributed by atoms with Gasteiger partial charge in [-0.3, -0.25) is 4.55 Å². The van der Waals surface area contributed by atoms with Gasteiger partial charge in [0.2, 0.25) is 0 Å². The van der Waals surface area contributed by atoms with E-state index in [9.17, 15) is 8.42 Å². The second-order valence-corrected chi connectivity index (χ2v) is 9.13. The molecule has 12 heavy (non-hydrogen) atoms. The van der Waals surface area contributed by atoms with E-state index in [0.717, 1.165) is 18.9 Å². The second-order valence-electron chi connectivity index (χ2n) is 3.34. The van der Waals surface area contributed by atoms with E-state index in [1.807, 2.05) is 6.55 Å². The minimum Gasteiger partial charge on any atom is -0.286 e. The van der Waals surface area contributed by atoms with Crippen molar-refractivity contribution in [2.45, 2.75) is 44.2 Å². The first-order chi connectivity index (χ1) is 5.39. The molecule has 0 fully saturated rings. The standard InChI is InChI=1S/C7H18O3SSi/c1-4-5-6-12(3)7(2)11(8,9)10/h7,12H,4-6H2,1-3H3,(H,8,9,10). The summed E-state index contributed by atoms with van der Waals surface area (Å²) in [5.74, 6) is 0. The third kappa shape index (κ3) is 4.23. The molecule has 3 nitrogen and oxygen atoms in total. The Labute approximate surface area is 76.5 Å². The van der Waals surface area contributed by atoms with Crippen molar-refractivity contribution in [1.82, 2.24) is 0 Å². The Morgan fingerprint density at radius 2 is 2.00 bits per heavy atom. The van der Waals surface area contributed by atoms with E-state index in [-0.39, 0.29) is 0 Å². The largest absolute Gasteiger partial charge is 0.286 e. The van der Waals surface area contributed by atoms with Gasteiger partial charge in [0.15, 0.2) is 0 Å². The first-order valence-electron chi connectivity index (χ1n) is 4.35. The maximum absolute atomic E-state index is 10.7. The zero-order valence-corrected chi connectivity index (χ0v) is 9.92. The smallest absolute Gasteiger partial charge is 0.264 e. The normalized spacial score (nSPS) is 17.3. The van der Waals surface area contributed by atoms with Crippen LogP contribution in [0, 0.1) is 0 Å². The lowest BCUT2D eigenvalue weighted by atomic mass is 10.4. The van der Waals surface area contributed by atoms with Crippen LogP contribution in [-0.2, 0) is 10.1 Å². The monoisotopic (exact) mass is 210 g/mol. The van der Waals surface area contributed by atoms with Gasteiger partial charge in [0.25, 0.3) is 10.1 Å². The molecular formula is C7H18O3SSi. The van der Waals surface area contributed by atoms with Gasteiger partial charge in [-0.2, -0.15) is 8.42 Å². The fourth-order valence-corrected chi connectivity index (χ4v) is 5.33. The summed E-state index contributed by atoms with van der Waals surface area (Å²) in [6.07, 6.45) is 2.17. The maximum Gasteiger partial charge on any atom is 0.264 e. The molecule has 2 atom stereocenters. The topological polar surface area (TPSA) is 54.4 Å². The Hall–Kier alpha value is 0.127. The van der Waals surface area contributed by atoms with Crippen LogP contribution in [0.4, 0.5) is 0 Å². The van der Waals surface area contributed by atoms with Crippen molar-refractivity contribution in [2.75, 3.05) is 0 Å². The first kappa shape index (κ1) is 12.1. The number of rotatable bonds is 5. The van der Waals surface area contributed by atoms with Gasteiger partial charge in [-0.15, -0.1) is 0 Å². The Bertz CT molecular complexity index is 213. The molecule has 0 bridgehead atoms. The molecule has 74 valence electrons. The minimum atomic E-state index is -3.77. The van der Waals surface area contributed by atoms with Gasteiger partial charge in [0.05, 0.1) is 13.7 Å². The molecule has 0 saturated heterocycles. The highest BCUT2D eigenvalue weighted by atomic mass is 32.2. The van der Waals surface area contributed by atoms with Crippen molar-refractivity contribution in [3.8, 4) is 0 Å².